The van der Waals surface area contributed by atoms with Crippen LogP contribution >= 0.6 is 34.8 Å². The van der Waals surface area contributed by atoms with Gasteiger partial charge in [0.25, 0.3) is 0 Å². The Morgan fingerprint density at radius 3 is 2.26 bits per heavy atom. The van der Waals surface area contributed by atoms with E-state index in [-0.39, 0.29) is 16.7 Å². The first-order chi connectivity index (χ1) is 16.2. The third-order valence-electron chi connectivity index (χ3n) is 6.91. The maximum absolute atomic E-state index is 16.3. The Balaban J connectivity index is 1.91. The molecule has 188 valence electrons. The zero-order valence-corrected chi connectivity index (χ0v) is 22.6. The van der Waals surface area contributed by atoms with E-state index in [9.17, 15) is 8.42 Å². The zero-order valence-electron chi connectivity index (χ0n) is 19.6. The maximum Gasteiger partial charge on any atom is 0.238 e. The monoisotopic (exact) mass is 557 g/mol. The van der Waals surface area contributed by atoms with Crippen LogP contribution in [0.15, 0.2) is 59.5 Å². The van der Waals surface area contributed by atoms with Gasteiger partial charge in [-0.05, 0) is 74.1 Å². The number of rotatable bonds is 5. The van der Waals surface area contributed by atoms with Gasteiger partial charge in [0.1, 0.15) is 0 Å². The molecular formula is C25H27Cl3FN3O2S. The summed E-state index contributed by atoms with van der Waals surface area (Å²) < 4.78 is 41.4. The number of halogens is 4. The molecule has 0 radical (unpaired) electrons. The molecule has 35 heavy (non-hydrogen) atoms. The molecule has 1 saturated carbocycles. The van der Waals surface area contributed by atoms with E-state index in [0.29, 0.717) is 34.9 Å². The second kappa shape index (κ2) is 9.34. The Morgan fingerprint density at radius 2 is 1.71 bits per heavy atom. The lowest BCUT2D eigenvalue weighted by atomic mass is 9.67. The molecule has 0 spiro atoms. The average molecular weight is 559 g/mol. The summed E-state index contributed by atoms with van der Waals surface area (Å²) in [5.41, 5.74) is 2.54. The Labute approximate surface area is 220 Å². The van der Waals surface area contributed by atoms with Gasteiger partial charge in [0.15, 0.2) is 0 Å². The van der Waals surface area contributed by atoms with Gasteiger partial charge in [-0.15, -0.1) is 11.6 Å². The van der Waals surface area contributed by atoms with Crippen molar-refractivity contribution in [2.45, 2.75) is 54.4 Å². The number of aromatic nitrogens is 2. The van der Waals surface area contributed by atoms with Gasteiger partial charge in [-0.3, -0.25) is 0 Å². The molecule has 0 bridgehead atoms. The first-order valence-corrected chi connectivity index (χ1v) is 14.0. The highest BCUT2D eigenvalue weighted by Crippen LogP contribution is 2.58. The molecule has 5 nitrogen and oxygen atoms in total. The van der Waals surface area contributed by atoms with Crippen molar-refractivity contribution in [1.29, 1.82) is 0 Å². The SMILES string of the molecule is CC(C)C1CCC(C)(Cl)C(F)(Cl)C1c1cc(-c2ccc(Cl)cc2)n(-c2ccc(S(N)(=O)=O)cc2)n1. The lowest BCUT2D eigenvalue weighted by Crippen LogP contribution is -2.52. The number of alkyl halides is 3. The molecule has 4 unspecified atom stereocenters. The second-order valence-electron chi connectivity index (χ2n) is 9.66. The molecule has 10 heteroatoms. The molecule has 1 heterocycles. The molecule has 1 aromatic heterocycles. The minimum atomic E-state index is -3.85. The van der Waals surface area contributed by atoms with Crippen LogP contribution in [0.5, 0.6) is 0 Å². The zero-order chi connectivity index (χ0) is 25.8. The molecule has 4 atom stereocenters. The Kier molecular flexibility index (Phi) is 7.05. The van der Waals surface area contributed by atoms with Crippen molar-refractivity contribution < 1.29 is 12.8 Å². The summed E-state index contributed by atoms with van der Waals surface area (Å²) >= 11 is 19.3. The molecule has 3 aromatic rings. The third kappa shape index (κ3) is 4.98. The van der Waals surface area contributed by atoms with Crippen LogP contribution in [0.3, 0.4) is 0 Å². The molecule has 4 rings (SSSR count). The predicted octanol–water partition coefficient (Wildman–Crippen LogP) is 6.89. The van der Waals surface area contributed by atoms with E-state index in [1.54, 1.807) is 35.9 Å². The van der Waals surface area contributed by atoms with Crippen LogP contribution in [0, 0.1) is 11.8 Å². The molecule has 2 aromatic carbocycles. The summed E-state index contributed by atoms with van der Waals surface area (Å²) in [6.45, 7) is 5.73. The minimum Gasteiger partial charge on any atom is -0.233 e. The fourth-order valence-electron chi connectivity index (χ4n) is 4.84. The maximum atomic E-state index is 16.3. The smallest absolute Gasteiger partial charge is 0.233 e. The molecule has 2 N–H and O–H groups in total. The minimum absolute atomic E-state index is 0.0183. The van der Waals surface area contributed by atoms with Gasteiger partial charge in [0.2, 0.25) is 15.2 Å². The lowest BCUT2D eigenvalue weighted by Gasteiger charge is -2.48. The summed E-state index contributed by atoms with van der Waals surface area (Å²) in [5.74, 6) is -0.674. The third-order valence-corrected chi connectivity index (χ3v) is 9.31. The van der Waals surface area contributed by atoms with E-state index in [2.05, 4.69) is 0 Å². The quantitative estimate of drug-likeness (QED) is 0.346. The molecule has 0 saturated heterocycles. The second-order valence-corrected chi connectivity index (χ2v) is 13.0. The van der Waals surface area contributed by atoms with Crippen LogP contribution < -0.4 is 5.14 Å². The van der Waals surface area contributed by atoms with Crippen LogP contribution in [0.1, 0.15) is 45.2 Å². The summed E-state index contributed by atoms with van der Waals surface area (Å²) in [4.78, 5) is -1.28. The van der Waals surface area contributed by atoms with Crippen molar-refractivity contribution in [2.24, 2.45) is 17.0 Å². The number of nitrogens with two attached hydrogens (primary N) is 1. The first-order valence-electron chi connectivity index (χ1n) is 11.3. The van der Waals surface area contributed by atoms with E-state index < -0.39 is 25.9 Å². The fourth-order valence-corrected chi connectivity index (χ4v) is 6.08. The van der Waals surface area contributed by atoms with Crippen LogP contribution in [-0.4, -0.2) is 28.2 Å². The van der Waals surface area contributed by atoms with Gasteiger partial charge >= 0.3 is 0 Å². The summed E-state index contributed by atoms with van der Waals surface area (Å²) in [6, 6.07) is 15.0. The lowest BCUT2D eigenvalue weighted by molar-refractivity contribution is 0.0617. The topological polar surface area (TPSA) is 78.0 Å². The summed E-state index contributed by atoms with van der Waals surface area (Å²) in [7, 11) is -3.85. The normalized spacial score (nSPS) is 27.3. The van der Waals surface area contributed by atoms with Crippen molar-refractivity contribution in [3.8, 4) is 16.9 Å². The Morgan fingerprint density at radius 1 is 1.11 bits per heavy atom. The van der Waals surface area contributed by atoms with Crippen molar-refractivity contribution >= 4 is 44.8 Å². The summed E-state index contributed by atoms with van der Waals surface area (Å²) in [5, 5.41) is 8.41. The number of sulfonamides is 1. The van der Waals surface area contributed by atoms with E-state index in [1.807, 2.05) is 32.0 Å². The Hall–Kier alpha value is -1.64. The molecule has 0 amide bonds. The van der Waals surface area contributed by atoms with Crippen molar-refractivity contribution in [3.05, 3.63) is 65.3 Å². The number of benzene rings is 2. The van der Waals surface area contributed by atoms with Crippen LogP contribution in [-0.2, 0) is 10.0 Å². The van der Waals surface area contributed by atoms with E-state index in [1.165, 1.54) is 12.1 Å². The molecule has 1 aliphatic carbocycles. The van der Waals surface area contributed by atoms with Crippen molar-refractivity contribution in [2.75, 3.05) is 0 Å². The number of nitrogens with zero attached hydrogens (tertiary/aromatic N) is 2. The largest absolute Gasteiger partial charge is 0.238 e. The van der Waals surface area contributed by atoms with Gasteiger partial charge in [-0.1, -0.05) is 49.2 Å². The predicted molar refractivity (Wildman–Crippen MR) is 140 cm³/mol. The van der Waals surface area contributed by atoms with Gasteiger partial charge in [0.05, 0.1) is 32.8 Å². The number of hydrogen-bond acceptors (Lipinski definition) is 3. The first kappa shape index (κ1) is 26.4. The van der Waals surface area contributed by atoms with Gasteiger partial charge in [-0.2, -0.15) is 5.10 Å². The summed E-state index contributed by atoms with van der Waals surface area (Å²) in [6.07, 6.45) is 1.17. The van der Waals surface area contributed by atoms with E-state index in [4.69, 9.17) is 45.0 Å². The molecule has 1 fully saturated rings. The fraction of sp³-hybridized carbons (Fsp3) is 0.400. The van der Waals surface area contributed by atoms with Gasteiger partial charge in [-0.25, -0.2) is 22.6 Å². The number of hydrogen-bond donors (Lipinski definition) is 1. The molecular weight excluding hydrogens is 532 g/mol. The number of primary sulfonamides is 1. The highest BCUT2D eigenvalue weighted by molar-refractivity contribution is 7.89. The van der Waals surface area contributed by atoms with Gasteiger partial charge in [0, 0.05) is 10.6 Å². The van der Waals surface area contributed by atoms with E-state index in [0.717, 1.165) is 5.56 Å². The Bertz CT molecular complexity index is 1320. The highest BCUT2D eigenvalue weighted by atomic mass is 35.5. The highest BCUT2D eigenvalue weighted by Gasteiger charge is 2.59. The molecule has 0 aliphatic heterocycles. The van der Waals surface area contributed by atoms with Crippen molar-refractivity contribution in [1.82, 2.24) is 9.78 Å². The van der Waals surface area contributed by atoms with E-state index >= 15 is 4.39 Å². The van der Waals surface area contributed by atoms with Crippen LogP contribution in [0.4, 0.5) is 4.39 Å². The van der Waals surface area contributed by atoms with Crippen molar-refractivity contribution in [3.63, 3.8) is 0 Å². The average Bonchev–Trinajstić information content (AvgIpc) is 3.20. The van der Waals surface area contributed by atoms with Crippen LogP contribution in [0.25, 0.3) is 16.9 Å². The van der Waals surface area contributed by atoms with Gasteiger partial charge < -0.3 is 0 Å². The van der Waals surface area contributed by atoms with Crippen LogP contribution in [0.2, 0.25) is 5.02 Å². The standard InChI is InChI=1S/C25H27Cl3FN3O2S/c1-15(2)20-12-13-24(3,27)25(28,29)23(20)21-14-22(16-4-6-17(26)7-5-16)32(31-21)18-8-10-19(11-9-18)35(30,33)34/h4-11,14-15,20,23H,12-13H2,1-3H3,(H2,30,33,34). The molecule has 1 aliphatic rings.